The van der Waals surface area contributed by atoms with E-state index in [1.165, 1.54) is 12.7 Å². The first-order valence-corrected chi connectivity index (χ1v) is 7.00. The van der Waals surface area contributed by atoms with Crippen molar-refractivity contribution < 1.29 is 14.3 Å². The van der Waals surface area contributed by atoms with Gasteiger partial charge in [-0.2, -0.15) is 0 Å². The second kappa shape index (κ2) is 4.76. The monoisotopic (exact) mass is 277 g/mol. The van der Waals surface area contributed by atoms with E-state index >= 15 is 0 Å². The van der Waals surface area contributed by atoms with E-state index in [0.29, 0.717) is 12.8 Å². The SMILES string of the molecule is CC=C1[C@H]2C=C(C)C[C@]1(NC(=O)OC)CC(=O)C2(C)C. The molecule has 4 heteroatoms. The lowest BCUT2D eigenvalue weighted by atomic mass is 9.55. The molecule has 2 aliphatic carbocycles. The minimum absolute atomic E-state index is 0.0413. The number of rotatable bonds is 1. The Labute approximate surface area is 120 Å². The number of carbonyl (C=O) groups is 2. The summed E-state index contributed by atoms with van der Waals surface area (Å²) in [5, 5.41) is 2.92. The van der Waals surface area contributed by atoms with Crippen molar-refractivity contribution >= 4 is 11.9 Å². The predicted octanol–water partition coefficient (Wildman–Crippen LogP) is 2.99. The molecule has 1 saturated carbocycles. The van der Waals surface area contributed by atoms with Gasteiger partial charge in [0.1, 0.15) is 5.78 Å². The molecular formula is C16H23NO3. The van der Waals surface area contributed by atoms with Crippen LogP contribution in [-0.2, 0) is 9.53 Å². The largest absolute Gasteiger partial charge is 0.453 e. The van der Waals surface area contributed by atoms with E-state index in [1.807, 2.05) is 26.8 Å². The highest BCUT2D eigenvalue weighted by atomic mass is 16.5. The molecule has 0 aromatic heterocycles. The first-order valence-electron chi connectivity index (χ1n) is 7.00. The fraction of sp³-hybridized carbons (Fsp3) is 0.625. The van der Waals surface area contributed by atoms with Crippen molar-refractivity contribution in [2.45, 2.75) is 46.1 Å². The van der Waals surface area contributed by atoms with Crippen LogP contribution in [0.15, 0.2) is 23.3 Å². The maximum absolute atomic E-state index is 12.5. The fourth-order valence-corrected chi connectivity index (χ4v) is 3.61. The van der Waals surface area contributed by atoms with Crippen molar-refractivity contribution in [2.24, 2.45) is 11.3 Å². The van der Waals surface area contributed by atoms with Crippen LogP contribution in [0.1, 0.15) is 40.5 Å². The van der Waals surface area contributed by atoms with E-state index in [-0.39, 0.29) is 11.7 Å². The van der Waals surface area contributed by atoms with E-state index in [1.54, 1.807) is 0 Å². The zero-order chi connectivity index (χ0) is 15.1. The Bertz CT molecular complexity index is 516. The number of ketones is 1. The number of fused-ring (bicyclic) bond motifs is 2. The molecule has 0 heterocycles. The Hall–Kier alpha value is -1.58. The molecule has 0 aliphatic heterocycles. The molecule has 4 nitrogen and oxygen atoms in total. The van der Waals surface area contributed by atoms with Crippen LogP contribution >= 0.6 is 0 Å². The van der Waals surface area contributed by atoms with Gasteiger partial charge in [0.25, 0.3) is 0 Å². The number of nitrogens with one attached hydrogen (secondary N) is 1. The summed E-state index contributed by atoms with van der Waals surface area (Å²) in [6.45, 7) is 8.00. The molecule has 1 amide bonds. The fourth-order valence-electron chi connectivity index (χ4n) is 3.61. The second-order valence-electron chi connectivity index (χ2n) is 6.43. The zero-order valence-electron chi connectivity index (χ0n) is 12.9. The number of alkyl carbamates (subject to hydrolysis) is 1. The topological polar surface area (TPSA) is 55.4 Å². The molecular weight excluding hydrogens is 254 g/mol. The lowest BCUT2D eigenvalue weighted by Gasteiger charge is -2.52. The number of ether oxygens (including phenoxy) is 1. The molecule has 0 saturated heterocycles. The van der Waals surface area contributed by atoms with Gasteiger partial charge in [0.2, 0.25) is 0 Å². The summed E-state index contributed by atoms with van der Waals surface area (Å²) in [5.41, 5.74) is 1.29. The van der Waals surface area contributed by atoms with Gasteiger partial charge in [-0.15, -0.1) is 0 Å². The van der Waals surface area contributed by atoms with Crippen molar-refractivity contribution in [2.75, 3.05) is 7.11 Å². The van der Waals surface area contributed by atoms with Crippen molar-refractivity contribution in [3.8, 4) is 0 Å². The molecule has 2 bridgehead atoms. The molecule has 2 atom stereocenters. The number of allylic oxidation sites excluding steroid dienone is 2. The van der Waals surface area contributed by atoms with Crippen LogP contribution in [0, 0.1) is 11.3 Å². The minimum atomic E-state index is -0.613. The van der Waals surface area contributed by atoms with E-state index in [9.17, 15) is 9.59 Å². The van der Waals surface area contributed by atoms with Gasteiger partial charge in [0.15, 0.2) is 0 Å². The van der Waals surface area contributed by atoms with Crippen LogP contribution in [0.25, 0.3) is 0 Å². The molecule has 0 radical (unpaired) electrons. The molecule has 0 aromatic carbocycles. The Morgan fingerprint density at radius 1 is 1.45 bits per heavy atom. The zero-order valence-corrected chi connectivity index (χ0v) is 12.9. The molecule has 110 valence electrons. The molecule has 2 aliphatic rings. The highest BCUT2D eigenvalue weighted by Gasteiger charge is 2.54. The standard InChI is InChI=1S/C16H23NO3/c1-6-11-12-7-10(2)8-16(11,17-14(19)20-5)9-13(18)15(12,3)4/h6-7,12H,8-9H2,1-5H3,(H,17,19)/t12-,16+/m1/s1. The summed E-state index contributed by atoms with van der Waals surface area (Å²) >= 11 is 0. The quantitative estimate of drug-likeness (QED) is 0.750. The van der Waals surface area contributed by atoms with E-state index < -0.39 is 17.0 Å². The molecule has 0 aromatic rings. The van der Waals surface area contributed by atoms with Crippen LogP contribution in [-0.4, -0.2) is 24.5 Å². The highest BCUT2D eigenvalue weighted by Crippen LogP contribution is 2.52. The van der Waals surface area contributed by atoms with E-state index in [4.69, 9.17) is 4.74 Å². The Balaban J connectivity index is 2.54. The maximum Gasteiger partial charge on any atom is 0.407 e. The summed E-state index contributed by atoms with van der Waals surface area (Å²) in [7, 11) is 1.35. The number of amides is 1. The molecule has 1 fully saturated rings. The normalized spacial score (nSPS) is 33.6. The molecule has 0 spiro atoms. The minimum Gasteiger partial charge on any atom is -0.453 e. The molecule has 1 N–H and O–H groups in total. The second-order valence-corrected chi connectivity index (χ2v) is 6.43. The van der Waals surface area contributed by atoms with Gasteiger partial charge in [-0.25, -0.2) is 4.79 Å². The van der Waals surface area contributed by atoms with Gasteiger partial charge in [-0.1, -0.05) is 31.6 Å². The number of carbonyl (C=O) groups excluding carboxylic acids is 2. The summed E-state index contributed by atoms with van der Waals surface area (Å²) in [6, 6.07) is 0. The average Bonchev–Trinajstić information content (AvgIpc) is 2.36. The van der Waals surface area contributed by atoms with Crippen LogP contribution < -0.4 is 5.32 Å². The Kier molecular flexibility index (Phi) is 3.53. The van der Waals surface area contributed by atoms with E-state index in [0.717, 1.165) is 5.57 Å². The molecule has 0 unspecified atom stereocenters. The number of Topliss-reactive ketones (excluding diaryl/α,β-unsaturated/α-hetero) is 1. The summed E-state index contributed by atoms with van der Waals surface area (Å²) in [4.78, 5) is 24.2. The summed E-state index contributed by atoms with van der Waals surface area (Å²) in [6.07, 6.45) is 4.73. The van der Waals surface area contributed by atoms with Gasteiger partial charge in [-0.05, 0) is 25.8 Å². The lowest BCUT2D eigenvalue weighted by Crippen LogP contribution is -2.61. The van der Waals surface area contributed by atoms with Gasteiger partial charge in [0.05, 0.1) is 12.6 Å². The van der Waals surface area contributed by atoms with Gasteiger partial charge in [-0.3, -0.25) is 4.79 Å². The average molecular weight is 277 g/mol. The first-order chi connectivity index (χ1) is 9.26. The van der Waals surface area contributed by atoms with Gasteiger partial charge >= 0.3 is 6.09 Å². The Morgan fingerprint density at radius 3 is 2.65 bits per heavy atom. The van der Waals surface area contributed by atoms with Crippen LogP contribution in [0.2, 0.25) is 0 Å². The highest BCUT2D eigenvalue weighted by molar-refractivity contribution is 5.90. The van der Waals surface area contributed by atoms with Crippen molar-refractivity contribution in [1.82, 2.24) is 5.32 Å². The van der Waals surface area contributed by atoms with Crippen molar-refractivity contribution in [1.29, 1.82) is 0 Å². The summed E-state index contributed by atoms with van der Waals surface area (Å²) < 4.78 is 4.75. The van der Waals surface area contributed by atoms with Crippen LogP contribution in [0.5, 0.6) is 0 Å². The summed E-state index contributed by atoms with van der Waals surface area (Å²) in [5.74, 6) is 0.230. The third-order valence-corrected chi connectivity index (χ3v) is 4.72. The first kappa shape index (κ1) is 14.8. The van der Waals surface area contributed by atoms with Crippen LogP contribution in [0.4, 0.5) is 4.79 Å². The predicted molar refractivity (Wildman–Crippen MR) is 77.3 cm³/mol. The van der Waals surface area contributed by atoms with Crippen LogP contribution in [0.3, 0.4) is 0 Å². The van der Waals surface area contributed by atoms with Crippen molar-refractivity contribution in [3.63, 3.8) is 0 Å². The maximum atomic E-state index is 12.5. The Morgan fingerprint density at radius 2 is 2.10 bits per heavy atom. The third kappa shape index (κ3) is 2.07. The van der Waals surface area contributed by atoms with E-state index in [2.05, 4.69) is 18.3 Å². The van der Waals surface area contributed by atoms with Crippen molar-refractivity contribution in [3.05, 3.63) is 23.3 Å². The lowest BCUT2D eigenvalue weighted by molar-refractivity contribution is -0.132. The number of methoxy groups -OCH3 is 1. The molecule has 2 rings (SSSR count). The third-order valence-electron chi connectivity index (χ3n) is 4.72. The smallest absolute Gasteiger partial charge is 0.407 e. The number of hydrogen-bond donors (Lipinski definition) is 1. The van der Waals surface area contributed by atoms with Gasteiger partial charge in [0, 0.05) is 17.8 Å². The number of hydrogen-bond acceptors (Lipinski definition) is 3. The van der Waals surface area contributed by atoms with Gasteiger partial charge < -0.3 is 10.1 Å². The molecule has 20 heavy (non-hydrogen) atoms.